The average molecular weight is 357 g/mol. The van der Waals surface area contributed by atoms with Gasteiger partial charge in [0.25, 0.3) is 10.9 Å². The van der Waals surface area contributed by atoms with Gasteiger partial charge in [0, 0.05) is 23.4 Å². The number of thioether (sulfide) groups is 1. The summed E-state index contributed by atoms with van der Waals surface area (Å²) in [6.45, 7) is 0.201. The number of nitrogens with zero attached hydrogens (tertiary/aromatic N) is 3. The van der Waals surface area contributed by atoms with E-state index >= 15 is 0 Å². The second-order valence-corrected chi connectivity index (χ2v) is 6.08. The molecule has 0 amide bonds. The van der Waals surface area contributed by atoms with Crippen LogP contribution in [0.5, 0.6) is 11.5 Å². The molecule has 0 saturated heterocycles. The van der Waals surface area contributed by atoms with Crippen LogP contribution in [0.15, 0.2) is 52.1 Å². The van der Waals surface area contributed by atoms with Gasteiger partial charge in [-0.25, -0.2) is 0 Å². The van der Waals surface area contributed by atoms with Gasteiger partial charge < -0.3 is 13.9 Å². The molecule has 0 spiro atoms. The van der Waals surface area contributed by atoms with E-state index in [1.807, 2.05) is 12.1 Å². The minimum atomic E-state index is -0.418. The molecular formula is C16H11N3O5S. The van der Waals surface area contributed by atoms with Crippen LogP contribution in [-0.4, -0.2) is 21.9 Å². The van der Waals surface area contributed by atoms with Crippen molar-refractivity contribution in [1.82, 2.24) is 10.2 Å². The first-order valence-electron chi connectivity index (χ1n) is 7.29. The van der Waals surface area contributed by atoms with Crippen LogP contribution in [0.3, 0.4) is 0 Å². The normalized spacial score (nSPS) is 12.3. The van der Waals surface area contributed by atoms with Crippen LogP contribution in [0.2, 0.25) is 0 Å². The predicted octanol–water partition coefficient (Wildman–Crippen LogP) is 3.67. The third-order valence-corrected chi connectivity index (χ3v) is 4.40. The molecule has 8 nitrogen and oxygen atoms in total. The number of non-ortho nitro benzene ring substituents is 1. The van der Waals surface area contributed by atoms with Crippen LogP contribution in [0.4, 0.5) is 5.69 Å². The molecule has 0 aliphatic carbocycles. The molecule has 4 rings (SSSR count). The van der Waals surface area contributed by atoms with Crippen LogP contribution >= 0.6 is 11.8 Å². The summed E-state index contributed by atoms with van der Waals surface area (Å²) in [4.78, 5) is 10.4. The minimum absolute atomic E-state index is 0.0599. The summed E-state index contributed by atoms with van der Waals surface area (Å²) < 4.78 is 16.2. The van der Waals surface area contributed by atoms with Gasteiger partial charge in [0.05, 0.1) is 4.92 Å². The molecule has 0 unspecified atom stereocenters. The van der Waals surface area contributed by atoms with E-state index in [1.54, 1.807) is 18.2 Å². The number of ether oxygens (including phenoxy) is 2. The molecule has 1 aromatic heterocycles. The van der Waals surface area contributed by atoms with Gasteiger partial charge in [-0.2, -0.15) is 0 Å². The van der Waals surface area contributed by atoms with E-state index in [9.17, 15) is 10.1 Å². The van der Waals surface area contributed by atoms with Gasteiger partial charge in [0.15, 0.2) is 11.5 Å². The summed E-state index contributed by atoms with van der Waals surface area (Å²) in [5, 5.41) is 19.2. The Morgan fingerprint density at radius 3 is 2.88 bits per heavy atom. The number of rotatable bonds is 5. The molecule has 2 heterocycles. The smallest absolute Gasteiger partial charge is 0.277 e. The van der Waals surface area contributed by atoms with E-state index in [1.165, 1.54) is 23.9 Å². The molecule has 1 aliphatic heterocycles. The number of hydrogen-bond donors (Lipinski definition) is 0. The number of hydrogen-bond acceptors (Lipinski definition) is 8. The highest BCUT2D eigenvalue weighted by Gasteiger charge is 2.17. The fourth-order valence-electron chi connectivity index (χ4n) is 2.32. The summed E-state index contributed by atoms with van der Waals surface area (Å²) >= 11 is 1.32. The number of fused-ring (bicyclic) bond motifs is 1. The van der Waals surface area contributed by atoms with Crippen molar-refractivity contribution in [2.75, 3.05) is 6.79 Å². The monoisotopic (exact) mass is 357 g/mol. The summed E-state index contributed by atoms with van der Waals surface area (Å²) in [5.41, 5.74) is 1.60. The Bertz CT molecular complexity index is 943. The molecule has 0 N–H and O–H groups in total. The Balaban J connectivity index is 1.47. The molecule has 0 fully saturated rings. The van der Waals surface area contributed by atoms with Gasteiger partial charge in [-0.15, -0.1) is 10.2 Å². The standard InChI is InChI=1S/C16H11N3O5S/c20-19(21)12-3-1-2-10(6-12)8-25-16-18-17-15(24-16)11-4-5-13-14(7-11)23-9-22-13/h1-7H,8-9H2. The van der Waals surface area contributed by atoms with Crippen LogP contribution in [-0.2, 0) is 5.75 Å². The highest BCUT2D eigenvalue weighted by molar-refractivity contribution is 7.98. The lowest BCUT2D eigenvalue weighted by atomic mass is 10.2. The number of benzene rings is 2. The third kappa shape index (κ3) is 3.26. The lowest BCUT2D eigenvalue weighted by molar-refractivity contribution is -0.384. The Labute approximate surface area is 145 Å². The zero-order chi connectivity index (χ0) is 17.2. The molecule has 0 bridgehead atoms. The summed E-state index contributed by atoms with van der Waals surface area (Å²) in [7, 11) is 0. The van der Waals surface area contributed by atoms with Crippen molar-refractivity contribution in [2.45, 2.75) is 11.0 Å². The summed E-state index contributed by atoms with van der Waals surface area (Å²) in [6, 6.07) is 11.8. The van der Waals surface area contributed by atoms with Gasteiger partial charge >= 0.3 is 0 Å². The van der Waals surface area contributed by atoms with E-state index < -0.39 is 4.92 Å². The van der Waals surface area contributed by atoms with Crippen molar-refractivity contribution < 1.29 is 18.8 Å². The molecule has 3 aromatic rings. The Morgan fingerprint density at radius 2 is 2.00 bits per heavy atom. The maximum atomic E-state index is 10.8. The van der Waals surface area contributed by atoms with Crippen LogP contribution in [0.25, 0.3) is 11.5 Å². The van der Waals surface area contributed by atoms with E-state index in [4.69, 9.17) is 13.9 Å². The second-order valence-electron chi connectivity index (χ2n) is 5.16. The Hall–Kier alpha value is -3.07. The van der Waals surface area contributed by atoms with Gasteiger partial charge in [0.1, 0.15) is 0 Å². The summed E-state index contributed by atoms with van der Waals surface area (Å²) in [5.74, 6) is 2.19. The SMILES string of the molecule is O=[N+]([O-])c1cccc(CSc2nnc(-c3ccc4c(c3)OCO4)o2)c1. The minimum Gasteiger partial charge on any atom is -0.454 e. The van der Waals surface area contributed by atoms with E-state index in [-0.39, 0.29) is 12.5 Å². The number of aromatic nitrogens is 2. The van der Waals surface area contributed by atoms with Crippen molar-refractivity contribution in [2.24, 2.45) is 0 Å². The first-order valence-corrected chi connectivity index (χ1v) is 8.27. The van der Waals surface area contributed by atoms with Gasteiger partial charge in [-0.05, 0) is 23.8 Å². The Kier molecular flexibility index (Phi) is 3.98. The van der Waals surface area contributed by atoms with Crippen LogP contribution in [0.1, 0.15) is 5.56 Å². The predicted molar refractivity (Wildman–Crippen MR) is 88.5 cm³/mol. The largest absolute Gasteiger partial charge is 0.454 e. The van der Waals surface area contributed by atoms with Gasteiger partial charge in [0.2, 0.25) is 12.7 Å². The van der Waals surface area contributed by atoms with Crippen LogP contribution < -0.4 is 9.47 Å². The molecule has 0 saturated carbocycles. The van der Waals surface area contributed by atoms with E-state index in [0.29, 0.717) is 28.4 Å². The molecule has 2 aromatic carbocycles. The van der Waals surface area contributed by atoms with Gasteiger partial charge in [-0.1, -0.05) is 23.9 Å². The van der Waals surface area contributed by atoms with E-state index in [0.717, 1.165) is 11.1 Å². The highest BCUT2D eigenvalue weighted by atomic mass is 32.2. The van der Waals surface area contributed by atoms with Crippen molar-refractivity contribution in [3.8, 4) is 23.0 Å². The fourth-order valence-corrected chi connectivity index (χ4v) is 3.03. The van der Waals surface area contributed by atoms with Crippen LogP contribution in [0, 0.1) is 10.1 Å². The number of nitro groups is 1. The van der Waals surface area contributed by atoms with Crippen molar-refractivity contribution in [3.05, 3.63) is 58.1 Å². The maximum Gasteiger partial charge on any atom is 0.277 e. The number of nitro benzene ring substituents is 1. The third-order valence-electron chi connectivity index (χ3n) is 3.51. The van der Waals surface area contributed by atoms with Crippen molar-refractivity contribution in [1.29, 1.82) is 0 Å². The molecular weight excluding hydrogens is 346 g/mol. The topological polar surface area (TPSA) is 101 Å². The molecule has 0 atom stereocenters. The Morgan fingerprint density at radius 1 is 1.12 bits per heavy atom. The fraction of sp³-hybridized carbons (Fsp3) is 0.125. The first-order chi connectivity index (χ1) is 12.2. The first kappa shape index (κ1) is 15.5. The van der Waals surface area contributed by atoms with Gasteiger partial charge in [-0.3, -0.25) is 10.1 Å². The quantitative estimate of drug-likeness (QED) is 0.387. The molecule has 0 radical (unpaired) electrons. The second kappa shape index (κ2) is 6.44. The zero-order valence-electron chi connectivity index (χ0n) is 12.7. The molecule has 1 aliphatic rings. The van der Waals surface area contributed by atoms with Crippen molar-refractivity contribution in [3.63, 3.8) is 0 Å². The summed E-state index contributed by atoms with van der Waals surface area (Å²) in [6.07, 6.45) is 0. The average Bonchev–Trinajstić information content (AvgIpc) is 3.28. The molecule has 126 valence electrons. The molecule has 25 heavy (non-hydrogen) atoms. The maximum absolute atomic E-state index is 10.8. The lowest BCUT2D eigenvalue weighted by Gasteiger charge is -1.99. The lowest BCUT2D eigenvalue weighted by Crippen LogP contribution is -1.92. The van der Waals surface area contributed by atoms with E-state index in [2.05, 4.69) is 10.2 Å². The van der Waals surface area contributed by atoms with Crippen molar-refractivity contribution >= 4 is 17.4 Å². The zero-order valence-corrected chi connectivity index (χ0v) is 13.6. The highest BCUT2D eigenvalue weighted by Crippen LogP contribution is 2.36. The molecule has 9 heteroatoms.